The Kier molecular flexibility index (Phi) is 6.63. The Morgan fingerprint density at radius 1 is 0.968 bits per heavy atom. The topological polar surface area (TPSA) is 99.2 Å². The van der Waals surface area contributed by atoms with Crippen LogP contribution < -0.4 is 9.80 Å². The Labute approximate surface area is 184 Å². The molecule has 4 rings (SSSR count). The van der Waals surface area contributed by atoms with Crippen LogP contribution in [0.3, 0.4) is 0 Å². The van der Waals surface area contributed by atoms with Crippen molar-refractivity contribution in [2.24, 2.45) is 5.92 Å². The van der Waals surface area contributed by atoms with Crippen molar-refractivity contribution in [1.29, 1.82) is 0 Å². The lowest BCUT2D eigenvalue weighted by Gasteiger charge is -2.39. The zero-order valence-corrected chi connectivity index (χ0v) is 19.2. The molecule has 0 aromatic carbocycles. The van der Waals surface area contributed by atoms with Crippen LogP contribution in [0.4, 0.5) is 11.8 Å². The average Bonchev–Trinajstić information content (AvgIpc) is 2.78. The molecule has 3 fully saturated rings. The molecule has 31 heavy (non-hydrogen) atoms. The van der Waals surface area contributed by atoms with E-state index in [-0.39, 0.29) is 11.8 Å². The summed E-state index contributed by atoms with van der Waals surface area (Å²) < 4.78 is 30.3. The molecule has 0 unspecified atom stereocenters. The van der Waals surface area contributed by atoms with Gasteiger partial charge < -0.3 is 19.4 Å². The number of piperidine rings is 1. The Hall–Kier alpha value is -1.98. The number of carbonyl (C=O) groups is 1. The maximum atomic E-state index is 13.0. The predicted molar refractivity (Wildman–Crippen MR) is 118 cm³/mol. The summed E-state index contributed by atoms with van der Waals surface area (Å²) in [6, 6.07) is 2.00. The predicted octanol–water partition coefficient (Wildman–Crippen LogP) is -0.0582. The second-order valence-corrected chi connectivity index (χ2v) is 10.5. The molecule has 0 atom stereocenters. The van der Waals surface area contributed by atoms with E-state index >= 15 is 0 Å². The number of anilines is 2. The molecule has 3 aliphatic rings. The molecule has 0 radical (unpaired) electrons. The summed E-state index contributed by atoms with van der Waals surface area (Å²) >= 11 is 0. The Morgan fingerprint density at radius 3 is 2.23 bits per heavy atom. The van der Waals surface area contributed by atoms with Crippen LogP contribution >= 0.6 is 0 Å². The Balaban J connectivity index is 1.33. The van der Waals surface area contributed by atoms with Crippen molar-refractivity contribution >= 4 is 27.7 Å². The number of sulfonamides is 1. The van der Waals surface area contributed by atoms with Gasteiger partial charge in [-0.2, -0.15) is 4.98 Å². The first-order valence-electron chi connectivity index (χ1n) is 11.0. The highest BCUT2D eigenvalue weighted by atomic mass is 32.2. The lowest BCUT2D eigenvalue weighted by Crippen LogP contribution is -2.52. The van der Waals surface area contributed by atoms with Gasteiger partial charge in [0.15, 0.2) is 0 Å². The minimum atomic E-state index is -3.17. The molecule has 0 bridgehead atoms. The van der Waals surface area contributed by atoms with Crippen molar-refractivity contribution in [1.82, 2.24) is 19.2 Å². The maximum absolute atomic E-state index is 13.0. The number of aryl methyl sites for hydroxylation is 1. The van der Waals surface area contributed by atoms with Gasteiger partial charge in [0, 0.05) is 70.0 Å². The molecule has 0 saturated carbocycles. The third-order valence-electron chi connectivity index (χ3n) is 6.31. The van der Waals surface area contributed by atoms with Crippen molar-refractivity contribution in [3.63, 3.8) is 0 Å². The van der Waals surface area contributed by atoms with E-state index in [4.69, 9.17) is 9.72 Å². The van der Waals surface area contributed by atoms with Gasteiger partial charge in [0.1, 0.15) is 5.82 Å². The molecule has 3 aliphatic heterocycles. The fraction of sp³-hybridized carbons (Fsp3) is 0.750. The number of piperazine rings is 1. The lowest BCUT2D eigenvalue weighted by molar-refractivity contribution is -0.137. The van der Waals surface area contributed by atoms with E-state index in [1.165, 1.54) is 10.6 Å². The number of aromatic nitrogens is 2. The smallest absolute Gasteiger partial charge is 0.227 e. The molecule has 3 saturated heterocycles. The molecule has 1 amide bonds. The summed E-state index contributed by atoms with van der Waals surface area (Å²) in [5, 5.41) is 0. The first-order chi connectivity index (χ1) is 14.8. The van der Waals surface area contributed by atoms with Crippen molar-refractivity contribution in [2.75, 3.05) is 81.6 Å². The van der Waals surface area contributed by atoms with E-state index in [1.807, 2.05) is 17.9 Å². The number of hydrogen-bond donors (Lipinski definition) is 0. The van der Waals surface area contributed by atoms with E-state index in [9.17, 15) is 13.2 Å². The average molecular weight is 453 g/mol. The molecule has 0 aliphatic carbocycles. The van der Waals surface area contributed by atoms with Gasteiger partial charge in [-0.25, -0.2) is 17.7 Å². The number of hydrogen-bond acceptors (Lipinski definition) is 8. The monoisotopic (exact) mass is 452 g/mol. The first kappa shape index (κ1) is 22.2. The number of rotatable bonds is 4. The summed E-state index contributed by atoms with van der Waals surface area (Å²) in [6.45, 7) is 8.58. The SMILES string of the molecule is Cc1cc(N2CCN(C(=O)C3CCN(S(C)(=O)=O)CC3)CC2)nc(N2CCOCC2)n1. The summed E-state index contributed by atoms with van der Waals surface area (Å²) in [5.41, 5.74) is 0.933. The van der Waals surface area contributed by atoms with Crippen LogP contribution in [-0.2, 0) is 19.6 Å². The molecule has 1 aromatic heterocycles. The third kappa shape index (κ3) is 5.27. The van der Waals surface area contributed by atoms with Crippen LogP contribution in [-0.4, -0.2) is 105 Å². The molecule has 11 heteroatoms. The third-order valence-corrected chi connectivity index (χ3v) is 7.61. The highest BCUT2D eigenvalue weighted by Crippen LogP contribution is 2.24. The number of ether oxygens (including phenoxy) is 1. The van der Waals surface area contributed by atoms with E-state index in [0.29, 0.717) is 52.2 Å². The highest BCUT2D eigenvalue weighted by Gasteiger charge is 2.33. The van der Waals surface area contributed by atoms with Crippen molar-refractivity contribution < 1.29 is 17.9 Å². The number of carbonyl (C=O) groups excluding carboxylic acids is 1. The zero-order chi connectivity index (χ0) is 22.0. The van der Waals surface area contributed by atoms with E-state index in [1.54, 1.807) is 0 Å². The largest absolute Gasteiger partial charge is 0.378 e. The molecule has 0 spiro atoms. The molecule has 0 N–H and O–H groups in total. The lowest BCUT2D eigenvalue weighted by atomic mass is 9.96. The molecule has 10 nitrogen and oxygen atoms in total. The van der Waals surface area contributed by atoms with Crippen LogP contribution in [0.25, 0.3) is 0 Å². The second kappa shape index (κ2) is 9.25. The number of morpholine rings is 1. The van der Waals surface area contributed by atoms with Crippen molar-refractivity contribution in [2.45, 2.75) is 19.8 Å². The van der Waals surface area contributed by atoms with Crippen molar-refractivity contribution in [3.05, 3.63) is 11.8 Å². The van der Waals surface area contributed by atoms with Crippen LogP contribution in [0.1, 0.15) is 18.5 Å². The minimum absolute atomic E-state index is 0.0845. The van der Waals surface area contributed by atoms with Gasteiger partial charge in [0.05, 0.1) is 19.5 Å². The van der Waals surface area contributed by atoms with Gasteiger partial charge in [0.2, 0.25) is 21.9 Å². The summed E-state index contributed by atoms with van der Waals surface area (Å²) in [7, 11) is -3.17. The minimum Gasteiger partial charge on any atom is -0.378 e. The highest BCUT2D eigenvalue weighted by molar-refractivity contribution is 7.88. The van der Waals surface area contributed by atoms with E-state index in [2.05, 4.69) is 14.8 Å². The van der Waals surface area contributed by atoms with Gasteiger partial charge in [-0.1, -0.05) is 0 Å². The Morgan fingerprint density at radius 2 is 1.61 bits per heavy atom. The van der Waals surface area contributed by atoms with Crippen LogP contribution in [0.2, 0.25) is 0 Å². The fourth-order valence-corrected chi connectivity index (χ4v) is 5.33. The first-order valence-corrected chi connectivity index (χ1v) is 12.8. The summed E-state index contributed by atoms with van der Waals surface area (Å²) in [6.07, 6.45) is 2.42. The molecule has 172 valence electrons. The Bertz CT molecular complexity index is 889. The zero-order valence-electron chi connectivity index (χ0n) is 18.4. The molecule has 4 heterocycles. The molecule has 1 aromatic rings. The van der Waals surface area contributed by atoms with Gasteiger partial charge >= 0.3 is 0 Å². The van der Waals surface area contributed by atoms with Crippen molar-refractivity contribution in [3.8, 4) is 0 Å². The normalized spacial score (nSPS) is 22.1. The van der Waals surface area contributed by atoms with Gasteiger partial charge in [-0.05, 0) is 19.8 Å². The summed E-state index contributed by atoms with van der Waals surface area (Å²) in [4.78, 5) is 28.7. The van der Waals surface area contributed by atoms with E-state index in [0.717, 1.165) is 43.6 Å². The van der Waals surface area contributed by atoms with Gasteiger partial charge in [0.25, 0.3) is 0 Å². The van der Waals surface area contributed by atoms with E-state index < -0.39 is 10.0 Å². The second-order valence-electron chi connectivity index (χ2n) is 8.52. The van der Waals surface area contributed by atoms with Crippen LogP contribution in [0.5, 0.6) is 0 Å². The number of nitrogens with zero attached hydrogens (tertiary/aromatic N) is 6. The molecular weight excluding hydrogens is 420 g/mol. The van der Waals surface area contributed by atoms with Crippen LogP contribution in [0, 0.1) is 12.8 Å². The molecular formula is C20H32N6O4S. The van der Waals surface area contributed by atoms with Gasteiger partial charge in [-0.3, -0.25) is 4.79 Å². The standard InChI is InChI=1S/C20H32N6O4S/c1-16-15-18(22-20(21-16)25-11-13-30-14-12-25)23-7-9-24(10-8-23)19(27)17-3-5-26(6-4-17)31(2,28)29/h15,17H,3-14H2,1-2H3. The number of amides is 1. The van der Waals surface area contributed by atoms with Gasteiger partial charge in [-0.15, -0.1) is 0 Å². The van der Waals surface area contributed by atoms with Crippen LogP contribution in [0.15, 0.2) is 6.07 Å². The fourth-order valence-electron chi connectivity index (χ4n) is 4.45. The quantitative estimate of drug-likeness (QED) is 0.627. The maximum Gasteiger partial charge on any atom is 0.227 e. The summed E-state index contributed by atoms with van der Waals surface area (Å²) in [5.74, 6) is 1.72.